The number of sulfonamides is 1. The van der Waals surface area contributed by atoms with Crippen LogP contribution in [-0.2, 0) is 10.0 Å². The Kier molecular flexibility index (Phi) is 5.74. The lowest BCUT2D eigenvalue weighted by Crippen LogP contribution is -2.27. The zero-order valence-electron chi connectivity index (χ0n) is 18.1. The first-order chi connectivity index (χ1) is 15.9. The van der Waals surface area contributed by atoms with Gasteiger partial charge in [-0.25, -0.2) is 13.4 Å². The Bertz CT molecular complexity index is 1420. The lowest BCUT2D eigenvalue weighted by atomic mass is 10.2. The second-order valence-electron chi connectivity index (χ2n) is 8.16. The van der Waals surface area contributed by atoms with Gasteiger partial charge in [0.15, 0.2) is 0 Å². The minimum atomic E-state index is -3.49. The Labute approximate surface area is 197 Å². The maximum atomic E-state index is 12.7. The highest BCUT2D eigenvalue weighted by Crippen LogP contribution is 2.31. The van der Waals surface area contributed by atoms with Gasteiger partial charge < -0.3 is 5.32 Å². The molecule has 1 amide bonds. The quantitative estimate of drug-likeness (QED) is 0.423. The maximum Gasteiger partial charge on any atom is 0.255 e. The monoisotopic (exact) mass is 477 g/mol. The van der Waals surface area contributed by atoms with E-state index in [1.165, 1.54) is 22.0 Å². The minimum Gasteiger partial charge on any atom is -0.322 e. The smallest absolute Gasteiger partial charge is 0.255 e. The van der Waals surface area contributed by atoms with Crippen molar-refractivity contribution in [1.29, 1.82) is 0 Å². The number of carbonyl (C=O) groups excluding carboxylic acids is 1. The second kappa shape index (κ2) is 8.70. The van der Waals surface area contributed by atoms with E-state index in [1.807, 2.05) is 30.3 Å². The molecular formula is C25H23N3O3S2. The number of fused-ring (bicyclic) bond motifs is 1. The summed E-state index contributed by atoms with van der Waals surface area (Å²) in [5.41, 5.74) is 4.24. The van der Waals surface area contributed by atoms with E-state index in [0.29, 0.717) is 24.3 Å². The highest BCUT2D eigenvalue weighted by atomic mass is 32.2. The van der Waals surface area contributed by atoms with Gasteiger partial charge in [-0.05, 0) is 86.0 Å². The fourth-order valence-corrected chi connectivity index (χ4v) is 6.50. The average molecular weight is 478 g/mol. The van der Waals surface area contributed by atoms with Crippen molar-refractivity contribution in [3.05, 3.63) is 77.9 Å². The summed E-state index contributed by atoms with van der Waals surface area (Å²) in [5.74, 6) is -0.289. The molecule has 0 saturated carbocycles. The van der Waals surface area contributed by atoms with Crippen LogP contribution in [0.1, 0.15) is 28.8 Å². The van der Waals surface area contributed by atoms with E-state index in [4.69, 9.17) is 4.98 Å². The molecule has 1 aliphatic heterocycles. The van der Waals surface area contributed by atoms with Crippen LogP contribution in [0.25, 0.3) is 20.8 Å². The summed E-state index contributed by atoms with van der Waals surface area (Å²) in [6, 6.07) is 19.9. The third kappa shape index (κ3) is 4.42. The molecule has 1 N–H and O–H groups in total. The van der Waals surface area contributed by atoms with E-state index in [1.54, 1.807) is 23.5 Å². The molecule has 6 nitrogen and oxygen atoms in total. The van der Waals surface area contributed by atoms with Crippen LogP contribution in [0.3, 0.4) is 0 Å². The van der Waals surface area contributed by atoms with Crippen LogP contribution in [0.4, 0.5) is 5.69 Å². The molecule has 1 saturated heterocycles. The summed E-state index contributed by atoms with van der Waals surface area (Å²) in [6.07, 6.45) is 1.77. The number of hydrogen-bond acceptors (Lipinski definition) is 5. The van der Waals surface area contributed by atoms with Crippen LogP contribution in [0, 0.1) is 6.92 Å². The van der Waals surface area contributed by atoms with Crippen LogP contribution in [0.15, 0.2) is 71.6 Å². The molecule has 0 unspecified atom stereocenters. The number of anilines is 1. The lowest BCUT2D eigenvalue weighted by Gasteiger charge is -2.15. The van der Waals surface area contributed by atoms with Crippen molar-refractivity contribution in [2.45, 2.75) is 24.7 Å². The lowest BCUT2D eigenvalue weighted by molar-refractivity contribution is 0.102. The van der Waals surface area contributed by atoms with Gasteiger partial charge in [0.2, 0.25) is 10.0 Å². The number of carbonyl (C=O) groups is 1. The van der Waals surface area contributed by atoms with E-state index < -0.39 is 10.0 Å². The molecule has 0 bridgehead atoms. The van der Waals surface area contributed by atoms with Gasteiger partial charge >= 0.3 is 0 Å². The van der Waals surface area contributed by atoms with E-state index in [0.717, 1.165) is 33.6 Å². The zero-order valence-corrected chi connectivity index (χ0v) is 19.7. The fraction of sp³-hybridized carbons (Fsp3) is 0.200. The topological polar surface area (TPSA) is 79.4 Å². The SMILES string of the molecule is Cc1ccc2nc(-c3ccc(NC(=O)c4ccc(S(=O)(=O)N5CCCC5)cc4)cc3)sc2c1. The van der Waals surface area contributed by atoms with E-state index >= 15 is 0 Å². The Morgan fingerprint density at radius 1 is 0.970 bits per heavy atom. The molecule has 4 aromatic rings. The standard InChI is InChI=1S/C25H23N3O3S2/c1-17-4-13-22-23(16-17)32-25(27-22)19-5-9-20(10-6-19)26-24(29)18-7-11-21(12-8-18)33(30,31)28-14-2-3-15-28/h4-13,16H,2-3,14-15H2,1H3,(H,26,29). The molecule has 5 rings (SSSR count). The third-order valence-corrected chi connectivity index (χ3v) is 8.73. The second-order valence-corrected chi connectivity index (χ2v) is 11.1. The largest absolute Gasteiger partial charge is 0.322 e. The highest BCUT2D eigenvalue weighted by molar-refractivity contribution is 7.89. The summed E-state index contributed by atoms with van der Waals surface area (Å²) in [7, 11) is -3.49. The summed E-state index contributed by atoms with van der Waals surface area (Å²) < 4.78 is 27.9. The molecule has 0 atom stereocenters. The molecule has 1 aliphatic rings. The highest BCUT2D eigenvalue weighted by Gasteiger charge is 2.27. The van der Waals surface area contributed by atoms with Crippen molar-refractivity contribution in [3.8, 4) is 10.6 Å². The van der Waals surface area contributed by atoms with Crippen molar-refractivity contribution in [3.63, 3.8) is 0 Å². The normalized spacial score (nSPS) is 14.6. The number of amides is 1. The first kappa shape index (κ1) is 21.8. The number of benzene rings is 3. The average Bonchev–Trinajstić information content (AvgIpc) is 3.50. The summed E-state index contributed by atoms with van der Waals surface area (Å²) in [5, 5.41) is 3.80. The zero-order chi connectivity index (χ0) is 23.0. The van der Waals surface area contributed by atoms with Crippen LogP contribution in [0.5, 0.6) is 0 Å². The van der Waals surface area contributed by atoms with E-state index in [9.17, 15) is 13.2 Å². The third-order valence-electron chi connectivity index (χ3n) is 5.75. The Morgan fingerprint density at radius 3 is 2.36 bits per heavy atom. The molecular weight excluding hydrogens is 454 g/mol. The molecule has 0 aliphatic carbocycles. The van der Waals surface area contributed by atoms with Gasteiger partial charge in [-0.3, -0.25) is 4.79 Å². The van der Waals surface area contributed by atoms with Gasteiger partial charge in [0.05, 0.1) is 15.1 Å². The molecule has 2 heterocycles. The Hall–Kier alpha value is -3.07. The fourth-order valence-electron chi connectivity index (χ4n) is 3.91. The molecule has 0 radical (unpaired) electrons. The minimum absolute atomic E-state index is 0.219. The number of aromatic nitrogens is 1. The Morgan fingerprint density at radius 2 is 1.67 bits per heavy atom. The molecule has 1 fully saturated rings. The number of hydrogen-bond donors (Lipinski definition) is 1. The van der Waals surface area contributed by atoms with Gasteiger partial charge in [-0.2, -0.15) is 4.31 Å². The first-order valence-corrected chi connectivity index (χ1v) is 13.0. The maximum absolute atomic E-state index is 12.7. The number of thiazole rings is 1. The van der Waals surface area contributed by atoms with Crippen LogP contribution in [0.2, 0.25) is 0 Å². The summed E-state index contributed by atoms with van der Waals surface area (Å²) in [6.45, 7) is 3.17. The number of nitrogens with zero attached hydrogens (tertiary/aromatic N) is 2. The van der Waals surface area contributed by atoms with Crippen LogP contribution < -0.4 is 5.32 Å². The van der Waals surface area contributed by atoms with Crippen molar-refractivity contribution in [2.24, 2.45) is 0 Å². The van der Waals surface area contributed by atoms with Gasteiger partial charge in [0, 0.05) is 29.9 Å². The number of nitrogens with one attached hydrogen (secondary N) is 1. The summed E-state index contributed by atoms with van der Waals surface area (Å²) in [4.78, 5) is 17.6. The van der Waals surface area contributed by atoms with Gasteiger partial charge in [-0.15, -0.1) is 11.3 Å². The van der Waals surface area contributed by atoms with E-state index in [-0.39, 0.29) is 10.8 Å². The van der Waals surface area contributed by atoms with E-state index in [2.05, 4.69) is 24.4 Å². The number of aryl methyl sites for hydroxylation is 1. The van der Waals surface area contributed by atoms with Crippen LogP contribution >= 0.6 is 11.3 Å². The predicted molar refractivity (Wildman–Crippen MR) is 132 cm³/mol. The van der Waals surface area contributed by atoms with Gasteiger partial charge in [-0.1, -0.05) is 6.07 Å². The Balaban J connectivity index is 1.28. The predicted octanol–water partition coefficient (Wildman–Crippen LogP) is 5.31. The molecule has 3 aromatic carbocycles. The molecule has 33 heavy (non-hydrogen) atoms. The molecule has 1 aromatic heterocycles. The first-order valence-electron chi connectivity index (χ1n) is 10.8. The van der Waals surface area contributed by atoms with Gasteiger partial charge in [0.1, 0.15) is 5.01 Å². The van der Waals surface area contributed by atoms with Crippen molar-refractivity contribution in [2.75, 3.05) is 18.4 Å². The molecule has 168 valence electrons. The number of rotatable bonds is 5. The van der Waals surface area contributed by atoms with Crippen LogP contribution in [-0.4, -0.2) is 36.7 Å². The van der Waals surface area contributed by atoms with Crippen molar-refractivity contribution < 1.29 is 13.2 Å². The van der Waals surface area contributed by atoms with Crippen molar-refractivity contribution >= 4 is 43.2 Å². The molecule has 8 heteroatoms. The summed E-state index contributed by atoms with van der Waals surface area (Å²) >= 11 is 1.64. The van der Waals surface area contributed by atoms with Crippen molar-refractivity contribution in [1.82, 2.24) is 9.29 Å². The van der Waals surface area contributed by atoms with Gasteiger partial charge in [0.25, 0.3) is 5.91 Å². The molecule has 0 spiro atoms.